The first-order valence-electron chi connectivity index (χ1n) is 14.2. The highest BCUT2D eigenvalue weighted by Crippen LogP contribution is 2.25. The van der Waals surface area contributed by atoms with Gasteiger partial charge in [-0.2, -0.15) is 0 Å². The number of aliphatic hydroxyl groups excluding tert-OH is 2. The Hall–Kier alpha value is -2.06. The molecule has 2 rings (SSSR count). The van der Waals surface area contributed by atoms with E-state index < -0.39 is 47.7 Å². The van der Waals surface area contributed by atoms with Crippen LogP contribution in [0.2, 0.25) is 0 Å². The van der Waals surface area contributed by atoms with Crippen LogP contribution in [-0.2, 0) is 31.6 Å². The van der Waals surface area contributed by atoms with Gasteiger partial charge in [0.15, 0.2) is 0 Å². The number of nitrogens with zero attached hydrogens (tertiary/aromatic N) is 2. The fourth-order valence-electron chi connectivity index (χ4n) is 3.62. The Bertz CT molecular complexity index is 1250. The molecule has 4 atom stereocenters. The number of amides is 4. The fourth-order valence-corrected chi connectivity index (χ4v) is 5.96. The molecule has 0 aliphatic carbocycles. The van der Waals surface area contributed by atoms with E-state index in [9.17, 15) is 29.4 Å². The van der Waals surface area contributed by atoms with Crippen molar-refractivity contribution < 1.29 is 58.1 Å². The predicted molar refractivity (Wildman–Crippen MR) is 174 cm³/mol. The van der Waals surface area contributed by atoms with Crippen LogP contribution in [-0.4, -0.2) is 106 Å². The highest BCUT2D eigenvalue weighted by Gasteiger charge is 2.30. The average Bonchev–Trinajstić information content (AvgIpc) is 3.61. The van der Waals surface area contributed by atoms with Gasteiger partial charge in [0.05, 0.1) is 35.6 Å². The Kier molecular flexibility index (Phi) is 17.8. The minimum atomic E-state index is -1.26. The molecule has 0 aliphatic heterocycles. The highest BCUT2D eigenvalue weighted by molar-refractivity contribution is 7.95. The SMILES string of the molecule is C[C@H](C(=O)N[C@H](C(=O)NCCc1nc(-c2nc(C(=O)NCCC[S+](C)C)cs2)cs1)[C@@H](C)O)[C@H](O)CNC(=O)OC(C)(C)C.[I-]. The number of ether oxygens (including phenoxy) is 1. The number of carbonyl (C=O) groups excluding carboxylic acids is 4. The number of aromatic nitrogens is 2. The van der Waals surface area contributed by atoms with Gasteiger partial charge in [-0.15, -0.1) is 22.7 Å². The summed E-state index contributed by atoms with van der Waals surface area (Å²) >= 11 is 2.73. The summed E-state index contributed by atoms with van der Waals surface area (Å²) in [6, 6.07) is -1.26. The Morgan fingerprint density at radius 3 is 2.29 bits per heavy atom. The van der Waals surface area contributed by atoms with Crippen LogP contribution >= 0.6 is 22.7 Å². The van der Waals surface area contributed by atoms with Crippen LogP contribution in [0.4, 0.5) is 4.79 Å². The minimum Gasteiger partial charge on any atom is -1.00 e. The third kappa shape index (κ3) is 14.9. The van der Waals surface area contributed by atoms with E-state index in [4.69, 9.17) is 4.74 Å². The molecule has 4 amide bonds. The van der Waals surface area contributed by atoms with E-state index in [0.29, 0.717) is 40.3 Å². The van der Waals surface area contributed by atoms with E-state index in [2.05, 4.69) is 43.7 Å². The Morgan fingerprint density at radius 1 is 0.978 bits per heavy atom. The molecule has 0 unspecified atom stereocenters. The number of carbonyl (C=O) groups is 4. The van der Waals surface area contributed by atoms with Gasteiger partial charge in [-0.1, -0.05) is 6.92 Å². The van der Waals surface area contributed by atoms with Crippen LogP contribution in [0.25, 0.3) is 10.7 Å². The molecule has 0 spiro atoms. The molecule has 2 aromatic heterocycles. The third-order valence-corrected chi connectivity index (χ3v) is 8.95. The fraction of sp³-hybridized carbons (Fsp3) is 0.643. The average molecular weight is 801 g/mol. The molecule has 0 radical (unpaired) electrons. The van der Waals surface area contributed by atoms with Crippen molar-refractivity contribution in [2.75, 3.05) is 37.9 Å². The van der Waals surface area contributed by atoms with Crippen molar-refractivity contribution in [3.8, 4) is 10.7 Å². The second-order valence-corrected chi connectivity index (χ2v) is 15.7. The summed E-state index contributed by atoms with van der Waals surface area (Å²) in [7, 11) is 0.341. The van der Waals surface area contributed by atoms with E-state index in [1.807, 2.05) is 5.38 Å². The van der Waals surface area contributed by atoms with E-state index in [1.54, 1.807) is 26.2 Å². The molecule has 17 heteroatoms. The molecule has 0 fully saturated rings. The van der Waals surface area contributed by atoms with Crippen LogP contribution in [0.3, 0.4) is 0 Å². The van der Waals surface area contributed by atoms with Crippen molar-refractivity contribution in [2.24, 2.45) is 5.92 Å². The topological polar surface area (TPSA) is 192 Å². The number of rotatable bonds is 16. The number of alkyl carbamates (subject to hydrolysis) is 1. The van der Waals surface area contributed by atoms with Crippen LogP contribution in [0.1, 0.15) is 56.5 Å². The molecular weight excluding hydrogens is 755 g/mol. The van der Waals surface area contributed by atoms with Crippen molar-refractivity contribution in [1.82, 2.24) is 31.2 Å². The van der Waals surface area contributed by atoms with Crippen molar-refractivity contribution in [3.63, 3.8) is 0 Å². The lowest BCUT2D eigenvalue weighted by Gasteiger charge is -2.25. The molecule has 0 aromatic carbocycles. The molecule has 0 bridgehead atoms. The minimum absolute atomic E-state index is 0. The third-order valence-electron chi connectivity index (χ3n) is 6.07. The molecule has 0 saturated carbocycles. The van der Waals surface area contributed by atoms with Crippen LogP contribution in [0.15, 0.2) is 10.8 Å². The van der Waals surface area contributed by atoms with Crippen molar-refractivity contribution in [3.05, 3.63) is 21.5 Å². The van der Waals surface area contributed by atoms with Gasteiger partial charge >= 0.3 is 6.09 Å². The zero-order chi connectivity index (χ0) is 33.0. The number of hydrogen-bond acceptors (Lipinski definition) is 11. The van der Waals surface area contributed by atoms with Gasteiger partial charge in [0.2, 0.25) is 11.8 Å². The maximum absolute atomic E-state index is 12.8. The largest absolute Gasteiger partial charge is 1.00 e. The zero-order valence-corrected chi connectivity index (χ0v) is 31.2. The maximum Gasteiger partial charge on any atom is 0.407 e. The Morgan fingerprint density at radius 2 is 1.67 bits per heavy atom. The number of halogens is 1. The predicted octanol–water partition coefficient (Wildman–Crippen LogP) is -1.69. The molecule has 2 heterocycles. The monoisotopic (exact) mass is 800 g/mol. The lowest BCUT2D eigenvalue weighted by atomic mass is 10.0. The standard InChI is InChI=1S/C28H44N6O7S3.HI/c1-16(20(36)13-31-27(40)41-28(3,4)5)23(37)34-22(17(2)35)25(39)30-11-9-21-32-19(15-42-21)26-33-18(14-43-26)24(38)29-10-8-12-44(6)7;/h14-17,20,22,35-36H,8-13H2,1-7H3,(H3-,29,30,31,34,37,38,39,40);1H/t16-,17+,20+,22-;/m0./s1. The lowest BCUT2D eigenvalue weighted by molar-refractivity contribution is -0.135. The summed E-state index contributed by atoms with van der Waals surface area (Å²) in [6.07, 6.45) is 2.47. The molecular formula is C28H45IN6O7S3. The van der Waals surface area contributed by atoms with Crippen molar-refractivity contribution >= 4 is 57.4 Å². The highest BCUT2D eigenvalue weighted by atomic mass is 127. The lowest BCUT2D eigenvalue weighted by Crippen LogP contribution is -3.00. The molecule has 13 nitrogen and oxygen atoms in total. The summed E-state index contributed by atoms with van der Waals surface area (Å²) < 4.78 is 5.11. The number of hydrogen-bond donors (Lipinski definition) is 6. The summed E-state index contributed by atoms with van der Waals surface area (Å²) in [5.74, 6) is -1.39. The Balaban J connectivity index is 0.0000101. The van der Waals surface area contributed by atoms with Gasteiger partial charge in [-0.25, -0.2) is 14.8 Å². The Labute approximate surface area is 292 Å². The maximum atomic E-state index is 12.8. The van der Waals surface area contributed by atoms with E-state index in [-0.39, 0.29) is 43.0 Å². The van der Waals surface area contributed by atoms with Gasteiger partial charge in [0.1, 0.15) is 33.8 Å². The van der Waals surface area contributed by atoms with E-state index in [0.717, 1.165) is 17.2 Å². The molecule has 6 N–H and O–H groups in total. The van der Waals surface area contributed by atoms with Crippen LogP contribution in [0.5, 0.6) is 0 Å². The molecule has 0 saturated heterocycles. The first-order chi connectivity index (χ1) is 20.6. The summed E-state index contributed by atoms with van der Waals surface area (Å²) in [5.41, 5.74) is 0.282. The normalized spacial score (nSPS) is 14.0. The van der Waals surface area contributed by atoms with Crippen molar-refractivity contribution in [1.29, 1.82) is 0 Å². The second-order valence-electron chi connectivity index (χ2n) is 11.5. The van der Waals surface area contributed by atoms with E-state index >= 15 is 0 Å². The van der Waals surface area contributed by atoms with Crippen LogP contribution in [0, 0.1) is 5.92 Å². The van der Waals surface area contributed by atoms with E-state index in [1.165, 1.54) is 36.5 Å². The molecule has 0 aliphatic rings. The molecule has 254 valence electrons. The quantitative estimate of drug-likeness (QED) is 0.0654. The first kappa shape index (κ1) is 41.0. The zero-order valence-electron chi connectivity index (χ0n) is 26.6. The first-order valence-corrected chi connectivity index (χ1v) is 18.2. The van der Waals surface area contributed by atoms with Gasteiger partial charge in [0, 0.05) is 43.2 Å². The van der Waals surface area contributed by atoms with Gasteiger partial charge in [0.25, 0.3) is 5.91 Å². The van der Waals surface area contributed by atoms with Gasteiger partial charge in [-0.3, -0.25) is 14.4 Å². The van der Waals surface area contributed by atoms with Crippen molar-refractivity contribution in [2.45, 2.75) is 71.3 Å². The molecule has 45 heavy (non-hydrogen) atoms. The second kappa shape index (κ2) is 19.6. The smallest absolute Gasteiger partial charge is 0.407 e. The van der Waals surface area contributed by atoms with Crippen LogP contribution < -0.4 is 45.2 Å². The summed E-state index contributed by atoms with van der Waals surface area (Å²) in [6.45, 7) is 8.49. The number of thiazole rings is 2. The van der Waals surface area contributed by atoms with Gasteiger partial charge in [-0.05, 0) is 38.6 Å². The number of nitrogens with one attached hydrogen (secondary N) is 4. The molecule has 2 aromatic rings. The number of aliphatic hydroxyl groups is 2. The summed E-state index contributed by atoms with van der Waals surface area (Å²) in [5, 5.41) is 35.9. The van der Waals surface area contributed by atoms with Gasteiger partial charge < -0.3 is 60.2 Å². The summed E-state index contributed by atoms with van der Waals surface area (Å²) in [4.78, 5) is 58.7.